The SMILES string of the molecule is CSc1cccc(NC(=O)c2cc(C)ccc2Br)c1. The third kappa shape index (κ3) is 3.61. The molecule has 4 heteroatoms. The highest BCUT2D eigenvalue weighted by atomic mass is 79.9. The van der Waals surface area contributed by atoms with E-state index in [0.717, 1.165) is 20.6 Å². The van der Waals surface area contributed by atoms with E-state index < -0.39 is 0 Å². The van der Waals surface area contributed by atoms with Crippen LogP contribution in [0.5, 0.6) is 0 Å². The summed E-state index contributed by atoms with van der Waals surface area (Å²) in [4.78, 5) is 13.4. The van der Waals surface area contributed by atoms with Crippen molar-refractivity contribution in [1.82, 2.24) is 0 Å². The Balaban J connectivity index is 2.23. The number of halogens is 1. The van der Waals surface area contributed by atoms with E-state index in [1.807, 2.05) is 55.6 Å². The molecule has 98 valence electrons. The van der Waals surface area contributed by atoms with E-state index in [1.54, 1.807) is 11.8 Å². The predicted molar refractivity (Wildman–Crippen MR) is 85.1 cm³/mol. The van der Waals surface area contributed by atoms with Crippen molar-refractivity contribution in [3.05, 3.63) is 58.1 Å². The largest absolute Gasteiger partial charge is 0.322 e. The predicted octanol–water partition coefficient (Wildman–Crippen LogP) is 4.73. The fourth-order valence-electron chi connectivity index (χ4n) is 1.71. The molecular weight excluding hydrogens is 322 g/mol. The number of anilines is 1. The zero-order valence-corrected chi connectivity index (χ0v) is 13.1. The molecule has 0 unspecified atom stereocenters. The van der Waals surface area contributed by atoms with Crippen molar-refractivity contribution in [2.75, 3.05) is 11.6 Å². The second-order valence-corrected chi connectivity index (χ2v) is 5.90. The molecule has 0 fully saturated rings. The molecule has 0 aliphatic rings. The number of nitrogens with one attached hydrogen (secondary N) is 1. The van der Waals surface area contributed by atoms with Crippen molar-refractivity contribution < 1.29 is 4.79 Å². The summed E-state index contributed by atoms with van der Waals surface area (Å²) in [7, 11) is 0. The fraction of sp³-hybridized carbons (Fsp3) is 0.133. The van der Waals surface area contributed by atoms with Gasteiger partial charge in [-0.3, -0.25) is 4.79 Å². The number of amides is 1. The minimum Gasteiger partial charge on any atom is -0.322 e. The first-order valence-corrected chi connectivity index (χ1v) is 7.83. The van der Waals surface area contributed by atoms with Crippen molar-refractivity contribution in [2.45, 2.75) is 11.8 Å². The van der Waals surface area contributed by atoms with Crippen LogP contribution in [0.1, 0.15) is 15.9 Å². The number of hydrogen-bond acceptors (Lipinski definition) is 2. The van der Waals surface area contributed by atoms with Gasteiger partial charge < -0.3 is 5.32 Å². The van der Waals surface area contributed by atoms with Gasteiger partial charge in [0.1, 0.15) is 0 Å². The number of aryl methyl sites for hydroxylation is 1. The smallest absolute Gasteiger partial charge is 0.256 e. The lowest BCUT2D eigenvalue weighted by Crippen LogP contribution is -2.12. The molecule has 0 aliphatic carbocycles. The maximum atomic E-state index is 12.2. The molecule has 1 N–H and O–H groups in total. The molecule has 0 aromatic heterocycles. The molecule has 2 aromatic rings. The van der Waals surface area contributed by atoms with Gasteiger partial charge in [-0.05, 0) is 59.4 Å². The molecule has 0 bridgehead atoms. The molecule has 1 amide bonds. The highest BCUT2D eigenvalue weighted by molar-refractivity contribution is 9.10. The fourth-order valence-corrected chi connectivity index (χ4v) is 2.60. The molecule has 2 rings (SSSR count). The Morgan fingerprint density at radius 1 is 1.21 bits per heavy atom. The van der Waals surface area contributed by atoms with Crippen molar-refractivity contribution in [3.8, 4) is 0 Å². The van der Waals surface area contributed by atoms with Crippen molar-refractivity contribution in [1.29, 1.82) is 0 Å². The van der Waals surface area contributed by atoms with E-state index in [9.17, 15) is 4.79 Å². The molecule has 0 saturated carbocycles. The van der Waals surface area contributed by atoms with Gasteiger partial charge in [-0.15, -0.1) is 11.8 Å². The second kappa shape index (κ2) is 6.26. The average molecular weight is 336 g/mol. The Morgan fingerprint density at radius 3 is 2.74 bits per heavy atom. The monoisotopic (exact) mass is 335 g/mol. The van der Waals surface area contributed by atoms with Gasteiger partial charge in [0.25, 0.3) is 5.91 Å². The van der Waals surface area contributed by atoms with Crippen LogP contribution in [0.2, 0.25) is 0 Å². The lowest BCUT2D eigenvalue weighted by Gasteiger charge is -2.08. The lowest BCUT2D eigenvalue weighted by atomic mass is 10.1. The molecule has 0 aliphatic heterocycles. The third-order valence-electron chi connectivity index (χ3n) is 2.69. The Morgan fingerprint density at radius 2 is 2.00 bits per heavy atom. The summed E-state index contributed by atoms with van der Waals surface area (Å²) in [5, 5.41) is 2.92. The Hall–Kier alpha value is -1.26. The van der Waals surface area contributed by atoms with Crippen LogP contribution in [0.25, 0.3) is 0 Å². The summed E-state index contributed by atoms with van der Waals surface area (Å²) in [5.74, 6) is -0.103. The molecule has 0 radical (unpaired) electrons. The van der Waals surface area contributed by atoms with Gasteiger partial charge in [0.05, 0.1) is 5.56 Å². The standard InChI is InChI=1S/C15H14BrNOS/c1-10-6-7-14(16)13(8-10)15(18)17-11-4-3-5-12(9-11)19-2/h3-9H,1-2H3,(H,17,18). The summed E-state index contributed by atoms with van der Waals surface area (Å²) >= 11 is 5.06. The summed E-state index contributed by atoms with van der Waals surface area (Å²) < 4.78 is 0.802. The quantitative estimate of drug-likeness (QED) is 0.821. The van der Waals surface area contributed by atoms with Crippen LogP contribution in [0.3, 0.4) is 0 Å². The third-order valence-corrected chi connectivity index (χ3v) is 4.11. The maximum absolute atomic E-state index is 12.2. The molecule has 19 heavy (non-hydrogen) atoms. The van der Waals surface area contributed by atoms with E-state index in [0.29, 0.717) is 5.56 Å². The van der Waals surface area contributed by atoms with E-state index in [1.165, 1.54) is 0 Å². The highest BCUT2D eigenvalue weighted by Crippen LogP contribution is 2.22. The van der Waals surface area contributed by atoms with Gasteiger partial charge in [0.15, 0.2) is 0 Å². The van der Waals surface area contributed by atoms with Gasteiger partial charge in [-0.1, -0.05) is 17.7 Å². The van der Waals surface area contributed by atoms with E-state index >= 15 is 0 Å². The first kappa shape index (κ1) is 14.2. The second-order valence-electron chi connectivity index (χ2n) is 4.17. The van der Waals surface area contributed by atoms with Crippen LogP contribution in [-0.2, 0) is 0 Å². The summed E-state index contributed by atoms with van der Waals surface area (Å²) in [5.41, 5.74) is 2.52. The van der Waals surface area contributed by atoms with E-state index in [-0.39, 0.29) is 5.91 Å². The minimum atomic E-state index is -0.103. The van der Waals surface area contributed by atoms with E-state index in [2.05, 4.69) is 21.2 Å². The summed E-state index contributed by atoms with van der Waals surface area (Å²) in [6.45, 7) is 1.97. The van der Waals surface area contributed by atoms with Crippen LogP contribution in [0.15, 0.2) is 51.8 Å². The van der Waals surface area contributed by atoms with Crippen molar-refractivity contribution in [2.24, 2.45) is 0 Å². The van der Waals surface area contributed by atoms with Crippen molar-refractivity contribution >= 4 is 39.3 Å². The number of thioether (sulfide) groups is 1. The Kier molecular flexibility index (Phi) is 4.66. The number of rotatable bonds is 3. The van der Waals surface area contributed by atoms with Crippen LogP contribution in [0, 0.1) is 6.92 Å². The lowest BCUT2D eigenvalue weighted by molar-refractivity contribution is 0.102. The molecule has 0 atom stereocenters. The molecular formula is C15H14BrNOS. The van der Waals surface area contributed by atoms with Crippen LogP contribution in [0.4, 0.5) is 5.69 Å². The molecule has 2 nitrogen and oxygen atoms in total. The first-order chi connectivity index (χ1) is 9.10. The van der Waals surface area contributed by atoms with Gasteiger partial charge in [-0.25, -0.2) is 0 Å². The maximum Gasteiger partial charge on any atom is 0.256 e. The zero-order valence-electron chi connectivity index (χ0n) is 10.7. The number of carbonyl (C=O) groups excluding carboxylic acids is 1. The molecule has 0 spiro atoms. The van der Waals surface area contributed by atoms with E-state index in [4.69, 9.17) is 0 Å². The number of hydrogen-bond donors (Lipinski definition) is 1. The van der Waals surface area contributed by atoms with Crippen LogP contribution in [-0.4, -0.2) is 12.2 Å². The topological polar surface area (TPSA) is 29.1 Å². The van der Waals surface area contributed by atoms with Crippen LogP contribution >= 0.6 is 27.7 Å². The summed E-state index contributed by atoms with van der Waals surface area (Å²) in [6, 6.07) is 13.5. The van der Waals surface area contributed by atoms with Crippen LogP contribution < -0.4 is 5.32 Å². The Labute approximate surface area is 125 Å². The molecule has 0 heterocycles. The minimum absolute atomic E-state index is 0.103. The summed E-state index contributed by atoms with van der Waals surface area (Å²) in [6.07, 6.45) is 2.01. The molecule has 2 aromatic carbocycles. The normalized spacial score (nSPS) is 10.3. The van der Waals surface area contributed by atoms with Crippen molar-refractivity contribution in [3.63, 3.8) is 0 Å². The van der Waals surface area contributed by atoms with Gasteiger partial charge in [-0.2, -0.15) is 0 Å². The highest BCUT2D eigenvalue weighted by Gasteiger charge is 2.10. The van der Waals surface area contributed by atoms with Gasteiger partial charge in [0, 0.05) is 15.1 Å². The van der Waals surface area contributed by atoms with Gasteiger partial charge in [0.2, 0.25) is 0 Å². The first-order valence-electron chi connectivity index (χ1n) is 5.81. The number of carbonyl (C=O) groups is 1. The van der Waals surface area contributed by atoms with Gasteiger partial charge >= 0.3 is 0 Å². The Bertz CT molecular complexity index is 613. The molecule has 0 saturated heterocycles. The average Bonchev–Trinajstić information content (AvgIpc) is 2.41. The number of benzene rings is 2. The zero-order chi connectivity index (χ0) is 13.8.